The van der Waals surface area contributed by atoms with Crippen molar-refractivity contribution in [2.24, 2.45) is 7.05 Å². The van der Waals surface area contributed by atoms with Gasteiger partial charge in [0, 0.05) is 12.7 Å². The van der Waals surface area contributed by atoms with Crippen molar-refractivity contribution in [3.8, 4) is 0 Å². The van der Waals surface area contributed by atoms with Crippen molar-refractivity contribution in [2.45, 2.75) is 25.4 Å². The van der Waals surface area contributed by atoms with Crippen LogP contribution in [0.15, 0.2) is 47.6 Å². The van der Waals surface area contributed by atoms with Crippen molar-refractivity contribution >= 4 is 35.0 Å². The molecule has 0 spiro atoms. The summed E-state index contributed by atoms with van der Waals surface area (Å²) >= 11 is 1.16. The lowest BCUT2D eigenvalue weighted by atomic mass is 10.2. The van der Waals surface area contributed by atoms with E-state index in [4.69, 9.17) is 0 Å². The molecule has 0 aliphatic rings. The van der Waals surface area contributed by atoms with Gasteiger partial charge in [-0.15, -0.1) is 10.2 Å². The number of hydrogen-bond donors (Lipinski definition) is 2. The summed E-state index contributed by atoms with van der Waals surface area (Å²) in [5, 5.41) is 14.0. The molecule has 0 saturated carbocycles. The molecular weight excluding hydrogens is 405 g/mol. The molecule has 3 rings (SSSR count). The van der Waals surface area contributed by atoms with Crippen molar-refractivity contribution in [3.05, 3.63) is 65.2 Å². The average Bonchev–Trinajstić information content (AvgIpc) is 3.04. The lowest BCUT2D eigenvalue weighted by Gasteiger charge is -2.08. The van der Waals surface area contributed by atoms with Gasteiger partial charge < -0.3 is 15.2 Å². The number of carbonyl (C=O) groups is 2. The molecule has 0 fully saturated rings. The van der Waals surface area contributed by atoms with Crippen LogP contribution in [0.4, 0.5) is 15.8 Å². The van der Waals surface area contributed by atoms with Crippen LogP contribution in [0, 0.1) is 19.7 Å². The Morgan fingerprint density at radius 2 is 1.77 bits per heavy atom. The SMILES string of the molecule is Cc1ccc(NC(=O)CSc2nnc(CC(=O)Nc3ccccc3C)n2C)c(F)c1. The summed E-state index contributed by atoms with van der Waals surface area (Å²) in [6.45, 7) is 3.69. The van der Waals surface area contributed by atoms with Gasteiger partial charge in [0.2, 0.25) is 11.8 Å². The van der Waals surface area contributed by atoms with E-state index in [0.29, 0.717) is 11.0 Å². The van der Waals surface area contributed by atoms with Gasteiger partial charge in [-0.2, -0.15) is 0 Å². The quantitative estimate of drug-likeness (QED) is 0.564. The fraction of sp³-hybridized carbons (Fsp3) is 0.238. The van der Waals surface area contributed by atoms with Gasteiger partial charge in [0.25, 0.3) is 0 Å². The summed E-state index contributed by atoms with van der Waals surface area (Å²) in [4.78, 5) is 24.5. The zero-order chi connectivity index (χ0) is 21.7. The Balaban J connectivity index is 1.55. The molecule has 0 radical (unpaired) electrons. The Labute approximate surface area is 178 Å². The number of nitrogens with zero attached hydrogens (tertiary/aromatic N) is 3. The molecule has 0 atom stereocenters. The van der Waals surface area contributed by atoms with Crippen LogP contribution in [0.25, 0.3) is 0 Å². The fourth-order valence-corrected chi connectivity index (χ4v) is 3.44. The van der Waals surface area contributed by atoms with Crippen molar-refractivity contribution in [2.75, 3.05) is 16.4 Å². The second-order valence-electron chi connectivity index (χ2n) is 6.82. The molecule has 0 aliphatic carbocycles. The maximum Gasteiger partial charge on any atom is 0.234 e. The molecule has 2 N–H and O–H groups in total. The molecule has 2 amide bonds. The Morgan fingerprint density at radius 3 is 2.50 bits per heavy atom. The minimum atomic E-state index is -0.478. The molecule has 30 heavy (non-hydrogen) atoms. The Morgan fingerprint density at radius 1 is 1.03 bits per heavy atom. The zero-order valence-electron chi connectivity index (χ0n) is 16.9. The van der Waals surface area contributed by atoms with Gasteiger partial charge in [-0.05, 0) is 43.2 Å². The molecular formula is C21H22FN5O2S. The number of benzene rings is 2. The first-order chi connectivity index (χ1) is 14.3. The van der Waals surface area contributed by atoms with Crippen LogP contribution in [0.2, 0.25) is 0 Å². The highest BCUT2D eigenvalue weighted by molar-refractivity contribution is 7.99. The molecule has 9 heteroatoms. The first-order valence-corrected chi connectivity index (χ1v) is 10.2. The minimum Gasteiger partial charge on any atom is -0.325 e. The molecule has 7 nitrogen and oxygen atoms in total. The van der Waals surface area contributed by atoms with E-state index in [1.165, 1.54) is 12.1 Å². The number of thioether (sulfide) groups is 1. The normalized spacial score (nSPS) is 10.7. The smallest absolute Gasteiger partial charge is 0.234 e. The average molecular weight is 428 g/mol. The zero-order valence-corrected chi connectivity index (χ0v) is 17.7. The number of nitrogens with one attached hydrogen (secondary N) is 2. The number of hydrogen-bond acceptors (Lipinski definition) is 5. The van der Waals surface area contributed by atoms with Crippen LogP contribution in [-0.4, -0.2) is 32.3 Å². The number of rotatable bonds is 7. The minimum absolute atomic E-state index is 0.0364. The standard InChI is InChI=1S/C21H22FN5O2S/c1-13-8-9-17(15(22)10-13)24-20(29)12-30-21-26-25-18(27(21)3)11-19(28)23-16-7-5-4-6-14(16)2/h4-10H,11-12H2,1-3H3,(H,23,28)(H,24,29). The fourth-order valence-electron chi connectivity index (χ4n) is 2.71. The van der Waals surface area contributed by atoms with E-state index in [-0.39, 0.29) is 29.7 Å². The Hall–Kier alpha value is -3.20. The van der Waals surface area contributed by atoms with Crippen molar-refractivity contribution < 1.29 is 14.0 Å². The van der Waals surface area contributed by atoms with Gasteiger partial charge in [-0.25, -0.2) is 4.39 Å². The molecule has 156 valence electrons. The van der Waals surface area contributed by atoms with Crippen molar-refractivity contribution in [1.82, 2.24) is 14.8 Å². The van der Waals surface area contributed by atoms with E-state index in [1.54, 1.807) is 24.6 Å². The third kappa shape index (κ3) is 5.44. The molecule has 1 heterocycles. The highest BCUT2D eigenvalue weighted by Crippen LogP contribution is 2.19. The third-order valence-corrected chi connectivity index (χ3v) is 5.41. The van der Waals surface area contributed by atoms with Crippen molar-refractivity contribution in [1.29, 1.82) is 0 Å². The lowest BCUT2D eigenvalue weighted by molar-refractivity contribution is -0.116. The number of amides is 2. The van der Waals surface area contributed by atoms with E-state index >= 15 is 0 Å². The highest BCUT2D eigenvalue weighted by atomic mass is 32.2. The summed E-state index contributed by atoms with van der Waals surface area (Å²) < 4.78 is 15.5. The maximum absolute atomic E-state index is 13.9. The Bertz CT molecular complexity index is 1080. The highest BCUT2D eigenvalue weighted by Gasteiger charge is 2.15. The van der Waals surface area contributed by atoms with Crippen LogP contribution < -0.4 is 10.6 Å². The predicted octanol–water partition coefficient (Wildman–Crippen LogP) is 3.48. The summed E-state index contributed by atoms with van der Waals surface area (Å²) in [6.07, 6.45) is 0.0547. The summed E-state index contributed by atoms with van der Waals surface area (Å²) in [5.41, 5.74) is 2.63. The van der Waals surface area contributed by atoms with Gasteiger partial charge in [-0.3, -0.25) is 9.59 Å². The van der Waals surface area contributed by atoms with E-state index in [1.807, 2.05) is 31.2 Å². The van der Waals surface area contributed by atoms with E-state index in [9.17, 15) is 14.0 Å². The molecule has 1 aromatic heterocycles. The first-order valence-electron chi connectivity index (χ1n) is 9.26. The lowest BCUT2D eigenvalue weighted by Crippen LogP contribution is -2.18. The van der Waals surface area contributed by atoms with Crippen LogP contribution in [0.3, 0.4) is 0 Å². The topological polar surface area (TPSA) is 88.9 Å². The molecule has 0 aliphatic heterocycles. The molecule has 0 saturated heterocycles. The molecule has 0 unspecified atom stereocenters. The maximum atomic E-state index is 13.9. The number of aromatic nitrogens is 3. The molecule has 2 aromatic carbocycles. The van der Waals surface area contributed by atoms with E-state index in [0.717, 1.165) is 28.6 Å². The number of halogens is 1. The van der Waals surface area contributed by atoms with Crippen LogP contribution in [-0.2, 0) is 23.1 Å². The number of anilines is 2. The third-order valence-electron chi connectivity index (χ3n) is 4.39. The number of aryl methyl sites for hydroxylation is 2. The summed E-state index contributed by atoms with van der Waals surface area (Å²) in [6, 6.07) is 12.1. The largest absolute Gasteiger partial charge is 0.325 e. The Kier molecular flexibility index (Phi) is 6.83. The van der Waals surface area contributed by atoms with Gasteiger partial charge in [0.05, 0.1) is 17.9 Å². The number of para-hydroxylation sites is 1. The van der Waals surface area contributed by atoms with Gasteiger partial charge in [0.15, 0.2) is 5.16 Å². The van der Waals surface area contributed by atoms with E-state index in [2.05, 4.69) is 20.8 Å². The van der Waals surface area contributed by atoms with Gasteiger partial charge in [-0.1, -0.05) is 36.0 Å². The van der Waals surface area contributed by atoms with Crippen molar-refractivity contribution in [3.63, 3.8) is 0 Å². The predicted molar refractivity (Wildman–Crippen MR) is 115 cm³/mol. The van der Waals surface area contributed by atoms with Gasteiger partial charge in [0.1, 0.15) is 11.6 Å². The van der Waals surface area contributed by atoms with Gasteiger partial charge >= 0.3 is 0 Å². The molecule has 3 aromatic rings. The summed E-state index contributed by atoms with van der Waals surface area (Å²) in [5.74, 6) is -0.523. The second-order valence-corrected chi connectivity index (χ2v) is 7.76. The first kappa shape index (κ1) is 21.5. The second kappa shape index (κ2) is 9.53. The van der Waals surface area contributed by atoms with E-state index < -0.39 is 5.82 Å². The molecule has 0 bridgehead atoms. The van der Waals surface area contributed by atoms with Crippen LogP contribution >= 0.6 is 11.8 Å². The van der Waals surface area contributed by atoms with Crippen LogP contribution in [0.1, 0.15) is 17.0 Å². The summed E-state index contributed by atoms with van der Waals surface area (Å²) in [7, 11) is 1.73. The van der Waals surface area contributed by atoms with Crippen LogP contribution in [0.5, 0.6) is 0 Å². The monoisotopic (exact) mass is 427 g/mol. The number of carbonyl (C=O) groups excluding carboxylic acids is 2.